The summed E-state index contributed by atoms with van der Waals surface area (Å²) < 4.78 is 10.8. The lowest BCUT2D eigenvalue weighted by Crippen LogP contribution is -2.43. The predicted molar refractivity (Wildman–Crippen MR) is 129 cm³/mol. The topological polar surface area (TPSA) is 93.9 Å². The Bertz CT molecular complexity index is 912. The number of hydrogen-bond donors (Lipinski definition) is 2. The number of carbonyl (C=O) groups is 2. The van der Waals surface area contributed by atoms with E-state index in [0.29, 0.717) is 11.7 Å². The number of nitrogens with zero attached hydrogens (tertiary/aromatic N) is 1. The molecule has 2 amide bonds. The third kappa shape index (κ3) is 8.09. The predicted octanol–water partition coefficient (Wildman–Crippen LogP) is 3.95. The minimum Gasteiger partial charge on any atom is -0.484 e. The highest BCUT2D eigenvalue weighted by Gasteiger charge is 2.26. The molecule has 0 radical (unpaired) electrons. The summed E-state index contributed by atoms with van der Waals surface area (Å²) in [7, 11) is 0. The molecule has 3 N–H and O–H groups in total. The van der Waals surface area contributed by atoms with Gasteiger partial charge >= 0.3 is 6.09 Å². The van der Waals surface area contributed by atoms with Crippen molar-refractivity contribution in [1.29, 1.82) is 0 Å². The third-order valence-electron chi connectivity index (χ3n) is 5.55. The molecule has 0 spiro atoms. The van der Waals surface area contributed by atoms with Crippen molar-refractivity contribution < 1.29 is 19.1 Å². The fourth-order valence-electron chi connectivity index (χ4n) is 3.78. The van der Waals surface area contributed by atoms with Crippen LogP contribution in [-0.2, 0) is 16.1 Å². The van der Waals surface area contributed by atoms with Crippen LogP contribution in [0.5, 0.6) is 5.75 Å². The van der Waals surface area contributed by atoms with Crippen molar-refractivity contribution in [2.45, 2.75) is 45.8 Å². The summed E-state index contributed by atoms with van der Waals surface area (Å²) in [6.45, 7) is 8.83. The number of carbonyl (C=O) groups excluding carboxylic acids is 2. The Balaban J connectivity index is 1.40. The van der Waals surface area contributed by atoms with Crippen molar-refractivity contribution in [3.8, 4) is 16.9 Å². The molecule has 2 aromatic rings. The number of benzene rings is 2. The van der Waals surface area contributed by atoms with Gasteiger partial charge < -0.3 is 25.4 Å². The molecule has 1 aliphatic rings. The fourth-order valence-corrected chi connectivity index (χ4v) is 3.78. The molecule has 7 heteroatoms. The molecule has 33 heavy (non-hydrogen) atoms. The van der Waals surface area contributed by atoms with Crippen LogP contribution in [0.25, 0.3) is 11.1 Å². The number of ether oxygens (including phenoxy) is 2. The molecule has 1 aliphatic heterocycles. The maximum Gasteiger partial charge on any atom is 0.410 e. The van der Waals surface area contributed by atoms with Gasteiger partial charge in [0.05, 0.1) is 0 Å². The number of piperidine rings is 1. The first-order valence-electron chi connectivity index (χ1n) is 11.5. The Hall–Kier alpha value is -3.06. The first-order valence-corrected chi connectivity index (χ1v) is 11.5. The molecule has 0 aromatic heterocycles. The van der Waals surface area contributed by atoms with Gasteiger partial charge in [-0.25, -0.2) is 4.79 Å². The van der Waals surface area contributed by atoms with Crippen LogP contribution < -0.4 is 15.8 Å². The van der Waals surface area contributed by atoms with E-state index in [4.69, 9.17) is 15.2 Å². The molecule has 0 aliphatic carbocycles. The number of amides is 2. The number of nitrogens with two attached hydrogens (primary N) is 1. The quantitative estimate of drug-likeness (QED) is 0.631. The lowest BCUT2D eigenvalue weighted by atomic mass is 9.97. The van der Waals surface area contributed by atoms with E-state index in [-0.39, 0.29) is 12.7 Å². The largest absolute Gasteiger partial charge is 0.484 e. The number of likely N-dealkylation sites (tertiary alicyclic amines) is 1. The van der Waals surface area contributed by atoms with Crippen LogP contribution in [0, 0.1) is 5.92 Å². The molecule has 0 unspecified atom stereocenters. The van der Waals surface area contributed by atoms with Gasteiger partial charge in [-0.15, -0.1) is 0 Å². The maximum absolute atomic E-state index is 12.2. The smallest absolute Gasteiger partial charge is 0.410 e. The molecule has 0 atom stereocenters. The summed E-state index contributed by atoms with van der Waals surface area (Å²) in [4.78, 5) is 24.8. The Morgan fingerprint density at radius 3 is 2.12 bits per heavy atom. The maximum atomic E-state index is 12.2. The van der Waals surface area contributed by atoms with E-state index < -0.39 is 11.5 Å². The van der Waals surface area contributed by atoms with Crippen molar-refractivity contribution in [2.24, 2.45) is 11.7 Å². The van der Waals surface area contributed by atoms with E-state index in [0.717, 1.165) is 50.1 Å². The first kappa shape index (κ1) is 24.6. The van der Waals surface area contributed by atoms with E-state index in [1.165, 1.54) is 5.56 Å². The van der Waals surface area contributed by atoms with Crippen LogP contribution in [-0.4, -0.2) is 48.7 Å². The molecule has 7 nitrogen and oxygen atoms in total. The monoisotopic (exact) mass is 453 g/mol. The molecular formula is C26H35N3O4. The zero-order valence-electron chi connectivity index (χ0n) is 19.8. The summed E-state index contributed by atoms with van der Waals surface area (Å²) in [5, 5.41) is 3.55. The lowest BCUT2D eigenvalue weighted by Gasteiger charge is -2.33. The molecule has 0 bridgehead atoms. The van der Waals surface area contributed by atoms with Crippen molar-refractivity contribution in [3.05, 3.63) is 54.1 Å². The average Bonchev–Trinajstić information content (AvgIpc) is 2.78. The van der Waals surface area contributed by atoms with Crippen LogP contribution >= 0.6 is 0 Å². The van der Waals surface area contributed by atoms with Gasteiger partial charge in [-0.1, -0.05) is 36.4 Å². The Kier molecular flexibility index (Phi) is 8.33. The summed E-state index contributed by atoms with van der Waals surface area (Å²) in [6, 6.07) is 16.1. The number of rotatable bonds is 8. The fraction of sp³-hybridized carbons (Fsp3) is 0.462. The van der Waals surface area contributed by atoms with Gasteiger partial charge in [-0.3, -0.25) is 4.79 Å². The molecule has 178 valence electrons. The molecule has 3 rings (SSSR count). The number of nitrogens with one attached hydrogen (secondary N) is 1. The number of primary amides is 1. The standard InChI is InChI=1S/C26H35N3O4/c1-26(2,3)33-25(31)29-14-12-20(13-15-29)17-28-16-19-4-6-21(7-5-19)22-8-10-23(11-9-22)32-18-24(27)30/h4-11,20,28H,12-18H2,1-3H3,(H2,27,30). The third-order valence-corrected chi connectivity index (χ3v) is 5.55. The second-order valence-corrected chi connectivity index (χ2v) is 9.52. The second-order valence-electron chi connectivity index (χ2n) is 9.52. The first-order chi connectivity index (χ1) is 15.7. The van der Waals surface area contributed by atoms with Crippen molar-refractivity contribution in [2.75, 3.05) is 26.2 Å². The highest BCUT2D eigenvalue weighted by atomic mass is 16.6. The Morgan fingerprint density at radius 2 is 1.58 bits per heavy atom. The van der Waals surface area contributed by atoms with Gasteiger partial charge in [0.1, 0.15) is 11.4 Å². The highest BCUT2D eigenvalue weighted by Crippen LogP contribution is 2.23. The molecule has 2 aromatic carbocycles. The normalized spacial score (nSPS) is 14.7. The Labute approximate surface area is 196 Å². The average molecular weight is 454 g/mol. The zero-order valence-corrected chi connectivity index (χ0v) is 19.8. The molecular weight excluding hydrogens is 418 g/mol. The summed E-state index contributed by atoms with van der Waals surface area (Å²) in [5.41, 5.74) is 8.08. The minimum atomic E-state index is -0.491. The lowest BCUT2D eigenvalue weighted by molar-refractivity contribution is -0.119. The van der Waals surface area contributed by atoms with Crippen LogP contribution in [0.4, 0.5) is 4.79 Å². The summed E-state index contributed by atoms with van der Waals surface area (Å²) in [5.74, 6) is 0.697. The SMILES string of the molecule is CC(C)(C)OC(=O)N1CCC(CNCc2ccc(-c3ccc(OCC(N)=O)cc3)cc2)CC1. The van der Waals surface area contributed by atoms with Crippen LogP contribution in [0.1, 0.15) is 39.2 Å². The molecule has 1 heterocycles. The minimum absolute atomic E-state index is 0.121. The zero-order chi connectivity index (χ0) is 23.8. The van der Waals surface area contributed by atoms with Gasteiger partial charge in [-0.05, 0) is 74.9 Å². The van der Waals surface area contributed by atoms with Gasteiger partial charge in [0.15, 0.2) is 6.61 Å². The van der Waals surface area contributed by atoms with E-state index >= 15 is 0 Å². The summed E-state index contributed by atoms with van der Waals surface area (Å²) in [6.07, 6.45) is 1.77. The van der Waals surface area contributed by atoms with E-state index in [9.17, 15) is 9.59 Å². The van der Waals surface area contributed by atoms with Gasteiger partial charge in [-0.2, -0.15) is 0 Å². The molecule has 0 saturated carbocycles. The van der Waals surface area contributed by atoms with E-state index in [2.05, 4.69) is 29.6 Å². The second kappa shape index (κ2) is 11.2. The van der Waals surface area contributed by atoms with E-state index in [1.807, 2.05) is 49.9 Å². The highest BCUT2D eigenvalue weighted by molar-refractivity contribution is 5.75. The van der Waals surface area contributed by atoms with Crippen molar-refractivity contribution in [3.63, 3.8) is 0 Å². The number of hydrogen-bond acceptors (Lipinski definition) is 5. The van der Waals surface area contributed by atoms with Crippen LogP contribution in [0.2, 0.25) is 0 Å². The summed E-state index contributed by atoms with van der Waals surface area (Å²) >= 11 is 0. The molecule has 1 fully saturated rings. The van der Waals surface area contributed by atoms with Gasteiger partial charge in [0.25, 0.3) is 5.91 Å². The van der Waals surface area contributed by atoms with Crippen molar-refractivity contribution >= 4 is 12.0 Å². The van der Waals surface area contributed by atoms with Crippen LogP contribution in [0.3, 0.4) is 0 Å². The molecule has 1 saturated heterocycles. The van der Waals surface area contributed by atoms with Crippen LogP contribution in [0.15, 0.2) is 48.5 Å². The van der Waals surface area contributed by atoms with Gasteiger partial charge in [0.2, 0.25) is 0 Å². The van der Waals surface area contributed by atoms with E-state index in [1.54, 1.807) is 0 Å². The van der Waals surface area contributed by atoms with Crippen molar-refractivity contribution in [1.82, 2.24) is 10.2 Å². The Morgan fingerprint density at radius 1 is 1.00 bits per heavy atom. The van der Waals surface area contributed by atoms with Gasteiger partial charge in [0, 0.05) is 19.6 Å².